The molecule has 6 heteroatoms. The quantitative estimate of drug-likeness (QED) is 0.380. The smallest absolute Gasteiger partial charge is 0.273 e. The summed E-state index contributed by atoms with van der Waals surface area (Å²) in [6, 6.07) is 11.8. The van der Waals surface area contributed by atoms with Gasteiger partial charge in [0.15, 0.2) is 0 Å². The molecule has 0 saturated heterocycles. The van der Waals surface area contributed by atoms with Gasteiger partial charge in [-0.1, -0.05) is 23.7 Å². The minimum atomic E-state index is -0.476. The van der Waals surface area contributed by atoms with Crippen molar-refractivity contribution in [1.82, 2.24) is 0 Å². The van der Waals surface area contributed by atoms with Gasteiger partial charge in [0, 0.05) is 11.8 Å². The number of non-ortho nitro benzene ring substituents is 1. The first-order valence-corrected chi connectivity index (χ1v) is 6.85. The number of nitrogens with two attached hydrogens (primary N) is 1. The molecular formula is C15H15ClN2O3. The number of nitrogens with zero attached hydrogens (tertiary/aromatic N) is 1. The van der Waals surface area contributed by atoms with Gasteiger partial charge in [-0.2, -0.15) is 0 Å². The molecule has 2 aromatic rings. The molecule has 2 rings (SSSR count). The maximum absolute atomic E-state index is 10.7. The molecule has 0 amide bonds. The lowest BCUT2D eigenvalue weighted by atomic mass is 10.1. The Morgan fingerprint density at radius 3 is 2.76 bits per heavy atom. The molecular weight excluding hydrogens is 292 g/mol. The third-order valence-electron chi connectivity index (χ3n) is 2.94. The van der Waals surface area contributed by atoms with E-state index in [-0.39, 0.29) is 5.69 Å². The van der Waals surface area contributed by atoms with Gasteiger partial charge in [-0.25, -0.2) is 0 Å². The number of hydrogen-bond acceptors (Lipinski definition) is 4. The molecule has 2 aromatic carbocycles. The highest BCUT2D eigenvalue weighted by Gasteiger charge is 2.10. The van der Waals surface area contributed by atoms with E-state index < -0.39 is 4.92 Å². The van der Waals surface area contributed by atoms with Crippen LogP contribution in [0.5, 0.6) is 5.75 Å². The summed E-state index contributed by atoms with van der Waals surface area (Å²) < 4.78 is 5.51. The highest BCUT2D eigenvalue weighted by atomic mass is 35.5. The van der Waals surface area contributed by atoms with Crippen molar-refractivity contribution in [1.29, 1.82) is 0 Å². The van der Waals surface area contributed by atoms with Crippen molar-refractivity contribution in [3.05, 3.63) is 63.2 Å². The summed E-state index contributed by atoms with van der Waals surface area (Å²) in [5, 5.41) is 11.1. The predicted octanol–water partition coefficient (Wildman–Crippen LogP) is 3.84. The fraction of sp³-hybridized carbons (Fsp3) is 0.200. The van der Waals surface area contributed by atoms with Crippen molar-refractivity contribution in [2.75, 3.05) is 12.3 Å². The largest absolute Gasteiger partial charge is 0.492 e. The van der Waals surface area contributed by atoms with Crippen LogP contribution >= 0.6 is 11.6 Å². The lowest BCUT2D eigenvalue weighted by Crippen LogP contribution is -2.01. The second kappa shape index (κ2) is 6.95. The molecule has 0 aliphatic heterocycles. The molecule has 21 heavy (non-hydrogen) atoms. The van der Waals surface area contributed by atoms with Crippen LogP contribution in [-0.2, 0) is 6.42 Å². The number of ether oxygens (including phenoxy) is 1. The number of nitro benzene ring substituents is 1. The van der Waals surface area contributed by atoms with Crippen molar-refractivity contribution in [2.24, 2.45) is 0 Å². The normalized spacial score (nSPS) is 10.3. The van der Waals surface area contributed by atoms with Crippen molar-refractivity contribution in [3.8, 4) is 5.75 Å². The Morgan fingerprint density at radius 2 is 2.05 bits per heavy atom. The van der Waals surface area contributed by atoms with Gasteiger partial charge in [-0.15, -0.1) is 0 Å². The average Bonchev–Trinajstić information content (AvgIpc) is 2.45. The van der Waals surface area contributed by atoms with Crippen LogP contribution < -0.4 is 10.5 Å². The van der Waals surface area contributed by atoms with Gasteiger partial charge in [-0.3, -0.25) is 10.1 Å². The van der Waals surface area contributed by atoms with Crippen LogP contribution in [0.25, 0.3) is 0 Å². The van der Waals surface area contributed by atoms with Crippen molar-refractivity contribution in [3.63, 3.8) is 0 Å². The molecule has 2 N–H and O–H groups in total. The number of nitrogen functional groups attached to an aromatic ring is 1. The number of benzene rings is 2. The van der Waals surface area contributed by atoms with E-state index in [0.717, 1.165) is 24.1 Å². The SMILES string of the molecule is Nc1cccc(CCCOc2cc([N+](=O)[O-])ccc2Cl)c1. The number of aryl methyl sites for hydroxylation is 1. The van der Waals surface area contributed by atoms with Crippen LogP contribution in [0.15, 0.2) is 42.5 Å². The van der Waals surface area contributed by atoms with Gasteiger partial charge in [0.25, 0.3) is 5.69 Å². The third kappa shape index (κ3) is 4.36. The van der Waals surface area contributed by atoms with E-state index in [1.165, 1.54) is 18.2 Å². The van der Waals surface area contributed by atoms with E-state index >= 15 is 0 Å². The minimum absolute atomic E-state index is 0.0368. The standard InChI is InChI=1S/C15H15ClN2O3/c16-14-7-6-13(18(19)20)10-15(14)21-8-2-4-11-3-1-5-12(17)9-11/h1,3,5-7,9-10H,2,4,8,17H2. The Kier molecular flexibility index (Phi) is 5.00. The maximum Gasteiger partial charge on any atom is 0.273 e. The highest BCUT2D eigenvalue weighted by Crippen LogP contribution is 2.29. The molecule has 0 unspecified atom stereocenters. The Hall–Kier alpha value is -2.27. The number of hydrogen-bond donors (Lipinski definition) is 1. The van der Waals surface area contributed by atoms with Crippen LogP contribution in [-0.4, -0.2) is 11.5 Å². The zero-order valence-electron chi connectivity index (χ0n) is 11.3. The van der Waals surface area contributed by atoms with E-state index in [1.807, 2.05) is 24.3 Å². The molecule has 0 saturated carbocycles. The fourth-order valence-corrected chi connectivity index (χ4v) is 2.10. The van der Waals surface area contributed by atoms with E-state index in [0.29, 0.717) is 17.4 Å². The highest BCUT2D eigenvalue weighted by molar-refractivity contribution is 6.32. The summed E-state index contributed by atoms with van der Waals surface area (Å²) >= 11 is 5.95. The fourth-order valence-electron chi connectivity index (χ4n) is 1.92. The molecule has 0 bridgehead atoms. The average molecular weight is 307 g/mol. The maximum atomic E-state index is 10.7. The lowest BCUT2D eigenvalue weighted by Gasteiger charge is -2.08. The Labute approximate surface area is 127 Å². The van der Waals surface area contributed by atoms with Gasteiger partial charge in [-0.05, 0) is 36.6 Å². The van der Waals surface area contributed by atoms with Gasteiger partial charge in [0.05, 0.1) is 22.6 Å². The summed E-state index contributed by atoms with van der Waals surface area (Å²) in [6.07, 6.45) is 1.58. The van der Waals surface area contributed by atoms with Gasteiger partial charge >= 0.3 is 0 Å². The molecule has 0 fully saturated rings. The number of halogens is 1. The molecule has 0 spiro atoms. The number of anilines is 1. The van der Waals surface area contributed by atoms with Crippen LogP contribution in [0.3, 0.4) is 0 Å². The summed E-state index contributed by atoms with van der Waals surface area (Å²) in [6.45, 7) is 0.426. The predicted molar refractivity (Wildman–Crippen MR) is 82.8 cm³/mol. The Bertz CT molecular complexity index is 647. The second-order valence-electron chi connectivity index (χ2n) is 4.57. The second-order valence-corrected chi connectivity index (χ2v) is 4.98. The Balaban J connectivity index is 1.88. The van der Waals surface area contributed by atoms with E-state index in [2.05, 4.69) is 0 Å². The monoisotopic (exact) mass is 306 g/mol. The van der Waals surface area contributed by atoms with Crippen molar-refractivity contribution in [2.45, 2.75) is 12.8 Å². The summed E-state index contributed by atoms with van der Waals surface area (Å²) in [5.41, 5.74) is 7.53. The summed E-state index contributed by atoms with van der Waals surface area (Å²) in [4.78, 5) is 10.2. The number of rotatable bonds is 6. The van der Waals surface area contributed by atoms with Gasteiger partial charge in [0.1, 0.15) is 5.75 Å². The van der Waals surface area contributed by atoms with Crippen LogP contribution in [0, 0.1) is 10.1 Å². The first kappa shape index (κ1) is 15.1. The topological polar surface area (TPSA) is 78.4 Å². The van der Waals surface area contributed by atoms with Crippen molar-refractivity contribution < 1.29 is 9.66 Å². The molecule has 110 valence electrons. The van der Waals surface area contributed by atoms with Crippen LogP contribution in [0.4, 0.5) is 11.4 Å². The summed E-state index contributed by atoms with van der Waals surface area (Å²) in [5.74, 6) is 0.332. The lowest BCUT2D eigenvalue weighted by molar-refractivity contribution is -0.384. The summed E-state index contributed by atoms with van der Waals surface area (Å²) in [7, 11) is 0. The molecule has 0 heterocycles. The van der Waals surface area contributed by atoms with E-state index in [4.69, 9.17) is 22.1 Å². The zero-order valence-corrected chi connectivity index (χ0v) is 12.0. The molecule has 0 radical (unpaired) electrons. The number of nitro groups is 1. The molecule has 0 aliphatic rings. The molecule has 0 atom stereocenters. The van der Waals surface area contributed by atoms with E-state index in [9.17, 15) is 10.1 Å². The van der Waals surface area contributed by atoms with Crippen LogP contribution in [0.1, 0.15) is 12.0 Å². The first-order valence-electron chi connectivity index (χ1n) is 6.47. The first-order chi connectivity index (χ1) is 10.1. The molecule has 0 aliphatic carbocycles. The molecule has 0 aromatic heterocycles. The van der Waals surface area contributed by atoms with Crippen molar-refractivity contribution >= 4 is 23.0 Å². The third-order valence-corrected chi connectivity index (χ3v) is 3.26. The van der Waals surface area contributed by atoms with Crippen LogP contribution in [0.2, 0.25) is 5.02 Å². The molecule has 5 nitrogen and oxygen atoms in total. The van der Waals surface area contributed by atoms with Gasteiger partial charge in [0.2, 0.25) is 0 Å². The minimum Gasteiger partial charge on any atom is -0.492 e. The van der Waals surface area contributed by atoms with Gasteiger partial charge < -0.3 is 10.5 Å². The zero-order chi connectivity index (χ0) is 15.2. The Morgan fingerprint density at radius 1 is 1.24 bits per heavy atom. The van der Waals surface area contributed by atoms with E-state index in [1.54, 1.807) is 0 Å².